The Kier molecular flexibility index (Phi) is 5.66. The fraction of sp³-hybridized carbons (Fsp3) is 0.100. The molecule has 2 aromatic rings. The highest BCUT2D eigenvalue weighted by Crippen LogP contribution is 2.43. The Labute approximate surface area is 174 Å². The van der Waals surface area contributed by atoms with E-state index in [4.69, 9.17) is 15.2 Å². The summed E-state index contributed by atoms with van der Waals surface area (Å²) in [7, 11) is 1.20. The van der Waals surface area contributed by atoms with Crippen molar-refractivity contribution in [3.63, 3.8) is 0 Å². The Hall–Kier alpha value is -3.64. The minimum absolute atomic E-state index is 0.0746. The quantitative estimate of drug-likeness (QED) is 0.422. The van der Waals surface area contributed by atoms with Gasteiger partial charge < -0.3 is 15.2 Å². The summed E-state index contributed by atoms with van der Waals surface area (Å²) in [5.41, 5.74) is 6.16. The first-order valence-corrected chi connectivity index (χ1v) is 9.07. The van der Waals surface area contributed by atoms with Crippen molar-refractivity contribution >= 4 is 27.7 Å². The minimum atomic E-state index is -1.08. The van der Waals surface area contributed by atoms with Gasteiger partial charge in [-0.15, -0.1) is 0 Å². The van der Waals surface area contributed by atoms with Gasteiger partial charge in [-0.1, -0.05) is 46.3 Å². The molecular weight excluding hydrogens is 442 g/mol. The van der Waals surface area contributed by atoms with E-state index in [1.165, 1.54) is 19.2 Å². The van der Waals surface area contributed by atoms with Crippen molar-refractivity contribution in [1.82, 2.24) is 0 Å². The van der Waals surface area contributed by atoms with Crippen molar-refractivity contribution in [1.29, 1.82) is 5.26 Å². The number of halogens is 1. The third-order valence-electron chi connectivity index (χ3n) is 4.35. The van der Waals surface area contributed by atoms with Crippen molar-refractivity contribution in [2.45, 2.75) is 5.92 Å². The summed E-state index contributed by atoms with van der Waals surface area (Å²) >= 11 is 3.33. The number of methoxy groups -OCH3 is 1. The van der Waals surface area contributed by atoms with Crippen LogP contribution in [0.3, 0.4) is 0 Å². The number of ether oxygens (including phenoxy) is 2. The highest BCUT2D eigenvalue weighted by atomic mass is 79.9. The highest BCUT2D eigenvalue weighted by molar-refractivity contribution is 9.10. The van der Waals surface area contributed by atoms with Crippen molar-refractivity contribution < 1.29 is 19.2 Å². The minimum Gasteiger partial charge on any atom is -0.465 e. The molecule has 0 bridgehead atoms. The number of carbonyl (C=O) groups is 1. The zero-order valence-corrected chi connectivity index (χ0v) is 16.7. The molecule has 0 aliphatic carbocycles. The largest absolute Gasteiger partial charge is 0.465 e. The van der Waals surface area contributed by atoms with Crippen LogP contribution in [0.1, 0.15) is 27.4 Å². The van der Waals surface area contributed by atoms with Gasteiger partial charge in [0.05, 0.1) is 17.6 Å². The third kappa shape index (κ3) is 3.70. The summed E-state index contributed by atoms with van der Waals surface area (Å²) in [5, 5.41) is 21.7. The monoisotopic (exact) mass is 455 g/mol. The number of carbonyl (C=O) groups excluding carboxylic acids is 1. The normalized spacial score (nSPS) is 16.1. The van der Waals surface area contributed by atoms with Crippen LogP contribution in [0.4, 0.5) is 0 Å². The van der Waals surface area contributed by atoms with Crippen LogP contribution in [0.15, 0.2) is 70.2 Å². The van der Waals surface area contributed by atoms with Gasteiger partial charge in [0.1, 0.15) is 17.6 Å². The predicted molar refractivity (Wildman–Crippen MR) is 106 cm³/mol. The molecule has 0 aromatic heterocycles. The Bertz CT molecular complexity index is 1120. The SMILES string of the molecule is COC(=O)c1ccccc1C1=C([N+](=O)[O-])[C@H](c2cccc(Br)c2)C(C#N)=C(N)O1. The Morgan fingerprint density at radius 3 is 2.66 bits per heavy atom. The topological polar surface area (TPSA) is 128 Å². The van der Waals surface area contributed by atoms with Gasteiger partial charge in [0.15, 0.2) is 0 Å². The number of rotatable bonds is 4. The summed E-state index contributed by atoms with van der Waals surface area (Å²) in [6.07, 6.45) is 0. The first kappa shape index (κ1) is 20.1. The van der Waals surface area contributed by atoms with Gasteiger partial charge in [0, 0.05) is 10.0 Å². The van der Waals surface area contributed by atoms with Gasteiger partial charge >= 0.3 is 11.7 Å². The lowest BCUT2D eigenvalue weighted by molar-refractivity contribution is -0.429. The van der Waals surface area contributed by atoms with E-state index in [1.807, 2.05) is 6.07 Å². The maximum Gasteiger partial charge on any atom is 0.338 e. The van der Waals surface area contributed by atoms with E-state index in [-0.39, 0.29) is 28.3 Å². The van der Waals surface area contributed by atoms with Gasteiger partial charge in [-0.3, -0.25) is 10.1 Å². The maximum atomic E-state index is 12.2. The molecule has 0 amide bonds. The standard InChI is InChI=1S/C20H14BrN3O5/c1-28-20(25)14-8-3-2-7-13(14)18-17(24(26)27)16(15(10-22)19(23)29-18)11-5-4-6-12(21)9-11/h2-9,16H,23H2,1H3/t16-/m1/s1. The van der Waals surface area contributed by atoms with E-state index < -0.39 is 22.5 Å². The molecule has 0 spiro atoms. The average Bonchev–Trinajstić information content (AvgIpc) is 2.72. The summed E-state index contributed by atoms with van der Waals surface area (Å²) < 4.78 is 11.0. The average molecular weight is 456 g/mol. The van der Waals surface area contributed by atoms with E-state index in [9.17, 15) is 20.2 Å². The van der Waals surface area contributed by atoms with E-state index in [0.717, 1.165) is 0 Å². The van der Waals surface area contributed by atoms with Crippen LogP contribution in [0.5, 0.6) is 0 Å². The second-order valence-electron chi connectivity index (χ2n) is 5.99. The molecule has 3 rings (SSSR count). The number of hydrogen-bond acceptors (Lipinski definition) is 7. The summed E-state index contributed by atoms with van der Waals surface area (Å²) in [6.45, 7) is 0. The molecular formula is C20H14BrN3O5. The summed E-state index contributed by atoms with van der Waals surface area (Å²) in [6, 6.07) is 14.8. The van der Waals surface area contributed by atoms with Crippen molar-refractivity contribution in [2.24, 2.45) is 5.73 Å². The third-order valence-corrected chi connectivity index (χ3v) is 4.84. The lowest BCUT2D eigenvalue weighted by Gasteiger charge is -2.24. The molecule has 9 heteroatoms. The first-order valence-electron chi connectivity index (χ1n) is 8.28. The molecule has 1 aliphatic rings. The van der Waals surface area contributed by atoms with Gasteiger partial charge in [0.25, 0.3) is 0 Å². The molecule has 8 nitrogen and oxygen atoms in total. The second kappa shape index (κ2) is 8.16. The second-order valence-corrected chi connectivity index (χ2v) is 6.90. The molecule has 0 saturated carbocycles. The molecule has 0 saturated heterocycles. The zero-order valence-electron chi connectivity index (χ0n) is 15.1. The van der Waals surface area contributed by atoms with E-state index in [0.29, 0.717) is 10.0 Å². The van der Waals surface area contributed by atoms with Gasteiger partial charge in [-0.05, 0) is 23.8 Å². The molecule has 2 N–H and O–H groups in total. The van der Waals surface area contributed by atoms with Crippen LogP contribution < -0.4 is 5.73 Å². The van der Waals surface area contributed by atoms with E-state index in [1.54, 1.807) is 36.4 Å². The number of nitrogens with zero attached hydrogens (tertiary/aromatic N) is 2. The Morgan fingerprint density at radius 1 is 1.31 bits per heavy atom. The van der Waals surface area contributed by atoms with E-state index in [2.05, 4.69) is 15.9 Å². The maximum absolute atomic E-state index is 12.2. The van der Waals surface area contributed by atoms with Crippen molar-refractivity contribution in [2.75, 3.05) is 7.11 Å². The first-order chi connectivity index (χ1) is 13.9. The number of benzene rings is 2. The molecule has 1 aliphatic heterocycles. The highest BCUT2D eigenvalue weighted by Gasteiger charge is 2.42. The van der Waals surface area contributed by atoms with Crippen LogP contribution in [0.25, 0.3) is 5.76 Å². The summed E-state index contributed by atoms with van der Waals surface area (Å²) in [4.78, 5) is 23.6. The van der Waals surface area contributed by atoms with Crippen molar-refractivity contribution in [3.05, 3.63) is 97.0 Å². The van der Waals surface area contributed by atoms with Crippen LogP contribution in [0, 0.1) is 21.4 Å². The van der Waals surface area contributed by atoms with Gasteiger partial charge in [-0.2, -0.15) is 5.26 Å². The molecule has 146 valence electrons. The lowest BCUT2D eigenvalue weighted by Crippen LogP contribution is -2.25. The molecule has 29 heavy (non-hydrogen) atoms. The fourth-order valence-electron chi connectivity index (χ4n) is 3.11. The van der Waals surface area contributed by atoms with Crippen LogP contribution >= 0.6 is 15.9 Å². The van der Waals surface area contributed by atoms with Gasteiger partial charge in [-0.25, -0.2) is 4.79 Å². The number of nitro groups is 1. The summed E-state index contributed by atoms with van der Waals surface area (Å²) in [5.74, 6) is -2.25. The van der Waals surface area contributed by atoms with E-state index >= 15 is 0 Å². The van der Waals surface area contributed by atoms with Gasteiger partial charge in [0.2, 0.25) is 11.6 Å². The molecule has 2 aromatic carbocycles. The molecule has 0 radical (unpaired) electrons. The molecule has 0 fully saturated rings. The zero-order chi connectivity index (χ0) is 21.1. The number of nitriles is 1. The lowest BCUT2D eigenvalue weighted by atomic mass is 9.85. The van der Waals surface area contributed by atoms with Crippen LogP contribution in [-0.4, -0.2) is 18.0 Å². The molecule has 1 heterocycles. The Balaban J connectivity index is 2.34. The number of nitrogens with two attached hydrogens (primary N) is 1. The fourth-order valence-corrected chi connectivity index (χ4v) is 3.52. The van der Waals surface area contributed by atoms with Crippen LogP contribution in [-0.2, 0) is 9.47 Å². The smallest absolute Gasteiger partial charge is 0.338 e. The van der Waals surface area contributed by atoms with Crippen LogP contribution in [0.2, 0.25) is 0 Å². The predicted octanol–water partition coefficient (Wildman–Crippen LogP) is 3.69. The molecule has 0 unspecified atom stereocenters. The number of esters is 1. The number of hydrogen-bond donors (Lipinski definition) is 1. The molecule has 1 atom stereocenters. The van der Waals surface area contributed by atoms with Crippen molar-refractivity contribution in [3.8, 4) is 6.07 Å². The Morgan fingerprint density at radius 2 is 2.03 bits per heavy atom. The number of allylic oxidation sites excluding steroid dienone is 1.